The van der Waals surface area contributed by atoms with Gasteiger partial charge in [0.25, 0.3) is 0 Å². The van der Waals surface area contributed by atoms with Crippen molar-refractivity contribution in [1.82, 2.24) is 0 Å². The molecule has 0 amide bonds. The van der Waals surface area contributed by atoms with Crippen molar-refractivity contribution >= 4 is 27.8 Å². The van der Waals surface area contributed by atoms with Gasteiger partial charge in [-0.2, -0.15) is 13.2 Å². The molecule has 0 bridgehead atoms. The minimum atomic E-state index is -4.28. The van der Waals surface area contributed by atoms with E-state index in [0.717, 1.165) is 11.3 Å². The zero-order valence-corrected chi connectivity index (χ0v) is 10.5. The molecule has 1 heterocycles. The lowest BCUT2D eigenvalue weighted by Crippen LogP contribution is -2.38. The van der Waals surface area contributed by atoms with E-state index >= 15 is 0 Å². The van der Waals surface area contributed by atoms with Gasteiger partial charge in [0.05, 0.1) is 15.6 Å². The van der Waals surface area contributed by atoms with Gasteiger partial charge in [0.15, 0.2) is 5.78 Å². The number of anilines is 2. The van der Waals surface area contributed by atoms with Crippen LogP contribution >= 0.6 is 11.3 Å². The first-order valence-electron chi connectivity index (χ1n) is 5.56. The Balaban J connectivity index is 2.19. The number of ketones is 1. The molecule has 1 saturated carbocycles. The van der Waals surface area contributed by atoms with E-state index < -0.39 is 11.7 Å². The van der Waals surface area contributed by atoms with Crippen LogP contribution in [-0.4, -0.2) is 17.5 Å². The molecule has 2 rings (SSSR count). The molecule has 3 N–H and O–H groups in total. The van der Waals surface area contributed by atoms with Crippen molar-refractivity contribution in [3.05, 3.63) is 10.9 Å². The number of hydrogen-bond donors (Lipinski definition) is 2. The van der Waals surface area contributed by atoms with Crippen LogP contribution in [0.2, 0.25) is 0 Å². The summed E-state index contributed by atoms with van der Waals surface area (Å²) < 4.78 is 38.3. The molecular weight excluding hydrogens is 265 g/mol. The fraction of sp³-hybridized carbons (Fsp3) is 0.545. The topological polar surface area (TPSA) is 55.1 Å². The lowest BCUT2D eigenvalue weighted by atomic mass is 10.2. The van der Waals surface area contributed by atoms with Crippen molar-refractivity contribution in [2.24, 2.45) is 0 Å². The summed E-state index contributed by atoms with van der Waals surface area (Å²) in [6, 6.07) is 1.40. The highest BCUT2D eigenvalue weighted by molar-refractivity contribution is 7.18. The van der Waals surface area contributed by atoms with Gasteiger partial charge in [0, 0.05) is 6.42 Å². The molecule has 18 heavy (non-hydrogen) atoms. The van der Waals surface area contributed by atoms with E-state index in [9.17, 15) is 18.0 Å². The molecule has 100 valence electrons. The first-order chi connectivity index (χ1) is 8.29. The standard InChI is InChI=1S/C11H13F3N2OS/c1-2-7(17)9-6(15)5-8(18-9)16-10(3-4-10)11(12,13)14/h5,16H,2-4,15H2,1H3. The van der Waals surface area contributed by atoms with Crippen LogP contribution in [0.3, 0.4) is 0 Å². The number of Topliss-reactive ketones (excluding diaryl/α,β-unsaturated/α-hetero) is 1. The highest BCUT2D eigenvalue weighted by Gasteiger charge is 2.63. The summed E-state index contributed by atoms with van der Waals surface area (Å²) >= 11 is 0.990. The third-order valence-electron chi connectivity index (χ3n) is 2.99. The predicted molar refractivity (Wildman–Crippen MR) is 65.0 cm³/mol. The van der Waals surface area contributed by atoms with Gasteiger partial charge in [-0.15, -0.1) is 11.3 Å². The Morgan fingerprint density at radius 3 is 2.61 bits per heavy atom. The molecule has 0 aromatic carbocycles. The van der Waals surface area contributed by atoms with Crippen molar-refractivity contribution in [3.8, 4) is 0 Å². The second-order valence-corrected chi connectivity index (χ2v) is 5.43. The first kappa shape index (κ1) is 13.2. The minimum absolute atomic E-state index is 0.0609. The van der Waals surface area contributed by atoms with E-state index in [0.29, 0.717) is 9.88 Å². The van der Waals surface area contributed by atoms with Gasteiger partial charge in [-0.05, 0) is 18.9 Å². The molecule has 1 aromatic heterocycles. The summed E-state index contributed by atoms with van der Waals surface area (Å²) in [6.45, 7) is 1.69. The number of thiophene rings is 1. The Bertz CT molecular complexity index is 477. The van der Waals surface area contributed by atoms with Gasteiger partial charge >= 0.3 is 6.18 Å². The van der Waals surface area contributed by atoms with E-state index in [1.54, 1.807) is 6.92 Å². The largest absolute Gasteiger partial charge is 0.411 e. The molecule has 0 aliphatic heterocycles. The van der Waals surface area contributed by atoms with Gasteiger partial charge < -0.3 is 11.1 Å². The number of halogens is 3. The number of hydrogen-bond acceptors (Lipinski definition) is 4. The Kier molecular flexibility index (Phi) is 3.04. The summed E-state index contributed by atoms with van der Waals surface area (Å²) in [5.74, 6) is -0.151. The number of nitrogen functional groups attached to an aromatic ring is 1. The third kappa shape index (κ3) is 2.19. The van der Waals surface area contributed by atoms with Gasteiger partial charge in [-0.3, -0.25) is 4.79 Å². The highest BCUT2D eigenvalue weighted by Crippen LogP contribution is 2.52. The van der Waals surface area contributed by atoms with Crippen LogP contribution in [0, 0.1) is 0 Å². The molecule has 0 atom stereocenters. The summed E-state index contributed by atoms with van der Waals surface area (Å²) in [4.78, 5) is 11.8. The summed E-state index contributed by atoms with van der Waals surface area (Å²) in [6.07, 6.45) is -3.87. The minimum Gasteiger partial charge on any atom is -0.397 e. The maximum Gasteiger partial charge on any atom is 0.411 e. The van der Waals surface area contributed by atoms with Crippen LogP contribution in [-0.2, 0) is 0 Å². The second kappa shape index (κ2) is 4.15. The molecular formula is C11H13F3N2OS. The lowest BCUT2D eigenvalue weighted by molar-refractivity contribution is -0.151. The molecule has 1 aromatic rings. The Morgan fingerprint density at radius 1 is 1.56 bits per heavy atom. The molecule has 7 heteroatoms. The molecule has 0 spiro atoms. The molecule has 0 radical (unpaired) electrons. The van der Waals surface area contributed by atoms with Gasteiger partial charge in [-0.1, -0.05) is 6.92 Å². The normalized spacial score (nSPS) is 17.6. The smallest absolute Gasteiger partial charge is 0.397 e. The van der Waals surface area contributed by atoms with E-state index in [-0.39, 0.29) is 30.7 Å². The molecule has 0 saturated heterocycles. The van der Waals surface area contributed by atoms with Crippen molar-refractivity contribution in [2.45, 2.75) is 37.9 Å². The average Bonchev–Trinajstić information content (AvgIpc) is 2.96. The predicted octanol–water partition coefficient (Wildman–Crippen LogP) is 3.43. The van der Waals surface area contributed by atoms with Crippen LogP contribution in [0.1, 0.15) is 35.9 Å². The second-order valence-electron chi connectivity index (χ2n) is 4.38. The van der Waals surface area contributed by atoms with Crippen LogP contribution in [0.4, 0.5) is 23.9 Å². The van der Waals surface area contributed by atoms with Crippen molar-refractivity contribution in [1.29, 1.82) is 0 Å². The maximum atomic E-state index is 12.8. The van der Waals surface area contributed by atoms with E-state index in [1.165, 1.54) is 6.07 Å². The molecule has 1 aliphatic carbocycles. The maximum absolute atomic E-state index is 12.8. The van der Waals surface area contributed by atoms with Gasteiger partial charge in [-0.25, -0.2) is 0 Å². The zero-order valence-electron chi connectivity index (χ0n) is 9.73. The van der Waals surface area contributed by atoms with Crippen LogP contribution in [0.25, 0.3) is 0 Å². The molecule has 1 aliphatic rings. The Morgan fingerprint density at radius 2 is 2.17 bits per heavy atom. The summed E-state index contributed by atoms with van der Waals surface area (Å²) in [5.41, 5.74) is 4.05. The lowest BCUT2D eigenvalue weighted by Gasteiger charge is -2.20. The number of nitrogens with two attached hydrogens (primary N) is 1. The SMILES string of the molecule is CCC(=O)c1sc(NC2(C(F)(F)F)CC2)cc1N. The summed E-state index contributed by atoms with van der Waals surface area (Å²) in [5, 5.41) is 2.78. The van der Waals surface area contributed by atoms with Crippen LogP contribution in [0.15, 0.2) is 6.07 Å². The number of rotatable bonds is 4. The number of alkyl halides is 3. The van der Waals surface area contributed by atoms with Crippen LogP contribution < -0.4 is 11.1 Å². The Hall–Kier alpha value is -1.24. The van der Waals surface area contributed by atoms with Crippen LogP contribution in [0.5, 0.6) is 0 Å². The summed E-state index contributed by atoms with van der Waals surface area (Å²) in [7, 11) is 0. The molecule has 0 unspecified atom stereocenters. The van der Waals surface area contributed by atoms with Crippen molar-refractivity contribution in [2.75, 3.05) is 11.1 Å². The average molecular weight is 278 g/mol. The zero-order chi connectivity index (χ0) is 13.6. The number of carbonyl (C=O) groups excluding carboxylic acids is 1. The fourth-order valence-corrected chi connectivity index (χ4v) is 2.77. The van der Waals surface area contributed by atoms with Crippen molar-refractivity contribution < 1.29 is 18.0 Å². The van der Waals surface area contributed by atoms with E-state index in [4.69, 9.17) is 5.73 Å². The molecule has 1 fully saturated rings. The quantitative estimate of drug-likeness (QED) is 0.830. The fourth-order valence-electron chi connectivity index (χ4n) is 1.69. The number of carbonyl (C=O) groups is 1. The van der Waals surface area contributed by atoms with Crippen molar-refractivity contribution in [3.63, 3.8) is 0 Å². The third-order valence-corrected chi connectivity index (χ3v) is 4.10. The first-order valence-corrected chi connectivity index (χ1v) is 6.38. The number of nitrogens with one attached hydrogen (secondary N) is 1. The molecule has 3 nitrogen and oxygen atoms in total. The van der Waals surface area contributed by atoms with Gasteiger partial charge in [0.1, 0.15) is 5.54 Å². The highest BCUT2D eigenvalue weighted by atomic mass is 32.1. The van der Waals surface area contributed by atoms with Gasteiger partial charge in [0.2, 0.25) is 0 Å². The van der Waals surface area contributed by atoms with E-state index in [2.05, 4.69) is 5.32 Å². The Labute approximate surface area is 106 Å². The van der Waals surface area contributed by atoms with E-state index in [1.807, 2.05) is 0 Å². The monoisotopic (exact) mass is 278 g/mol.